The summed E-state index contributed by atoms with van der Waals surface area (Å²) in [5.74, 6) is 1.62. The summed E-state index contributed by atoms with van der Waals surface area (Å²) in [4.78, 5) is 5.32. The van der Waals surface area contributed by atoms with Gasteiger partial charge in [-0.3, -0.25) is 4.99 Å². The highest BCUT2D eigenvalue weighted by atomic mass is 32.2. The number of hydrogen-bond donors (Lipinski definition) is 2. The minimum Gasteiger partial charge on any atom is -0.354 e. The van der Waals surface area contributed by atoms with Crippen LogP contribution in [0.5, 0.6) is 0 Å². The lowest BCUT2D eigenvalue weighted by Gasteiger charge is -2.28. The molecule has 0 atom stereocenters. The number of piperidine rings is 1. The topological polar surface area (TPSA) is 73.8 Å². The average molecular weight is 413 g/mol. The maximum Gasteiger partial charge on any atom is 0.252 e. The van der Waals surface area contributed by atoms with Crippen molar-refractivity contribution in [1.29, 1.82) is 0 Å². The third kappa shape index (κ3) is 5.45. The summed E-state index contributed by atoms with van der Waals surface area (Å²) in [5, 5.41) is 6.83. The molecule has 0 bridgehead atoms. The lowest BCUT2D eigenvalue weighted by molar-refractivity contribution is 0.329. The summed E-state index contributed by atoms with van der Waals surface area (Å²) >= 11 is 1.36. The van der Waals surface area contributed by atoms with E-state index in [1.807, 2.05) is 6.07 Å². The third-order valence-corrected chi connectivity index (χ3v) is 9.01. The fourth-order valence-electron chi connectivity index (χ4n) is 3.79. The molecule has 6 nitrogen and oxygen atoms in total. The highest BCUT2D eigenvalue weighted by Gasteiger charge is 2.27. The normalized spacial score (nSPS) is 25.3. The molecule has 0 spiro atoms. The first kappa shape index (κ1) is 20.6. The Morgan fingerprint density at radius 3 is 2.56 bits per heavy atom. The fourth-order valence-corrected chi connectivity index (χ4v) is 6.75. The standard InChI is InChI=1S/C19H32N4O2S2/c1-15-6-8-16(9-7-15)22-19(20-2)21-14-17-10-11-18(26-17)27(24,25)23-12-4-3-5-13-23/h10-11,15-16H,3-9,12-14H2,1-2H3,(H2,20,21,22). The van der Waals surface area contributed by atoms with Crippen molar-refractivity contribution >= 4 is 27.3 Å². The molecule has 152 valence electrons. The Labute approximate surface area is 167 Å². The van der Waals surface area contributed by atoms with Crippen molar-refractivity contribution in [3.8, 4) is 0 Å². The van der Waals surface area contributed by atoms with E-state index in [0.29, 0.717) is 29.9 Å². The summed E-state index contributed by atoms with van der Waals surface area (Å²) in [6.45, 7) is 4.19. The first-order chi connectivity index (χ1) is 13.0. The number of guanidine groups is 1. The van der Waals surface area contributed by atoms with Gasteiger partial charge < -0.3 is 10.6 Å². The molecule has 0 aromatic carbocycles. The third-order valence-electron chi connectivity index (χ3n) is 5.56. The number of thiophene rings is 1. The molecule has 2 fully saturated rings. The zero-order valence-corrected chi connectivity index (χ0v) is 18.0. The second-order valence-electron chi connectivity index (χ2n) is 7.71. The Kier molecular flexibility index (Phi) is 7.16. The van der Waals surface area contributed by atoms with Crippen molar-refractivity contribution in [3.05, 3.63) is 17.0 Å². The van der Waals surface area contributed by atoms with Gasteiger partial charge in [0.15, 0.2) is 5.96 Å². The van der Waals surface area contributed by atoms with Gasteiger partial charge in [-0.15, -0.1) is 11.3 Å². The Morgan fingerprint density at radius 1 is 1.19 bits per heavy atom. The van der Waals surface area contributed by atoms with Crippen LogP contribution >= 0.6 is 11.3 Å². The molecule has 8 heteroatoms. The van der Waals surface area contributed by atoms with Crippen LogP contribution < -0.4 is 10.6 Å². The van der Waals surface area contributed by atoms with E-state index >= 15 is 0 Å². The van der Waals surface area contributed by atoms with Crippen LogP contribution in [-0.2, 0) is 16.6 Å². The molecular formula is C19H32N4O2S2. The van der Waals surface area contributed by atoms with Crippen LogP contribution in [0, 0.1) is 5.92 Å². The summed E-state index contributed by atoms with van der Waals surface area (Å²) in [6.07, 6.45) is 7.92. The van der Waals surface area contributed by atoms with Gasteiger partial charge in [-0.25, -0.2) is 8.42 Å². The van der Waals surface area contributed by atoms with E-state index in [2.05, 4.69) is 22.5 Å². The molecule has 2 aliphatic rings. The maximum atomic E-state index is 12.8. The van der Waals surface area contributed by atoms with E-state index in [1.54, 1.807) is 17.4 Å². The Hall–Kier alpha value is -1.12. The van der Waals surface area contributed by atoms with E-state index in [0.717, 1.165) is 36.0 Å². The van der Waals surface area contributed by atoms with E-state index in [4.69, 9.17) is 0 Å². The predicted octanol–water partition coefficient (Wildman–Crippen LogP) is 3.17. The van der Waals surface area contributed by atoms with Gasteiger partial charge in [-0.05, 0) is 56.6 Å². The van der Waals surface area contributed by atoms with Crippen molar-refractivity contribution < 1.29 is 8.42 Å². The minimum atomic E-state index is -3.34. The Balaban J connectivity index is 1.54. The number of hydrogen-bond acceptors (Lipinski definition) is 4. The summed E-state index contributed by atoms with van der Waals surface area (Å²) in [6, 6.07) is 4.12. The molecule has 2 N–H and O–H groups in total. The molecule has 0 amide bonds. The second-order valence-corrected chi connectivity index (χ2v) is 11.0. The van der Waals surface area contributed by atoms with Crippen LogP contribution in [-0.4, -0.2) is 44.9 Å². The van der Waals surface area contributed by atoms with Crippen molar-refractivity contribution in [2.45, 2.75) is 68.7 Å². The van der Waals surface area contributed by atoms with Crippen LogP contribution in [0.4, 0.5) is 0 Å². The predicted molar refractivity (Wildman–Crippen MR) is 112 cm³/mol. The van der Waals surface area contributed by atoms with Gasteiger partial charge in [-0.1, -0.05) is 13.3 Å². The fraction of sp³-hybridized carbons (Fsp3) is 0.737. The number of aliphatic imine (C=N–C) groups is 1. The van der Waals surface area contributed by atoms with Gasteiger partial charge >= 0.3 is 0 Å². The SMILES string of the molecule is CN=C(NCc1ccc(S(=O)(=O)N2CCCCC2)s1)NC1CCC(C)CC1. The molecule has 1 aromatic heterocycles. The van der Waals surface area contributed by atoms with E-state index in [9.17, 15) is 8.42 Å². The van der Waals surface area contributed by atoms with Gasteiger partial charge in [0.05, 0.1) is 6.54 Å². The quantitative estimate of drug-likeness (QED) is 0.575. The van der Waals surface area contributed by atoms with Crippen LogP contribution in [0.25, 0.3) is 0 Å². The average Bonchev–Trinajstić information content (AvgIpc) is 3.17. The van der Waals surface area contributed by atoms with Crippen molar-refractivity contribution in [3.63, 3.8) is 0 Å². The highest BCUT2D eigenvalue weighted by Crippen LogP contribution is 2.27. The van der Waals surface area contributed by atoms with Gasteiger partial charge in [0, 0.05) is 31.1 Å². The Bertz CT molecular complexity index is 731. The van der Waals surface area contributed by atoms with Crippen LogP contribution in [0.15, 0.2) is 21.3 Å². The van der Waals surface area contributed by atoms with E-state index in [1.165, 1.54) is 37.0 Å². The lowest BCUT2D eigenvalue weighted by atomic mass is 9.87. The van der Waals surface area contributed by atoms with Crippen molar-refractivity contribution in [1.82, 2.24) is 14.9 Å². The van der Waals surface area contributed by atoms with E-state index < -0.39 is 10.0 Å². The molecule has 1 aromatic rings. The second kappa shape index (κ2) is 9.39. The minimum absolute atomic E-state index is 0.449. The molecule has 1 aliphatic carbocycles. The summed E-state index contributed by atoms with van der Waals surface area (Å²) < 4.78 is 27.6. The largest absolute Gasteiger partial charge is 0.354 e. The van der Waals surface area contributed by atoms with Crippen LogP contribution in [0.3, 0.4) is 0 Å². The zero-order chi connectivity index (χ0) is 19.3. The molecular weight excluding hydrogens is 380 g/mol. The first-order valence-corrected chi connectivity index (χ1v) is 12.3. The van der Waals surface area contributed by atoms with Crippen molar-refractivity contribution in [2.24, 2.45) is 10.9 Å². The highest BCUT2D eigenvalue weighted by molar-refractivity contribution is 7.91. The van der Waals surface area contributed by atoms with Gasteiger partial charge in [-0.2, -0.15) is 4.31 Å². The number of sulfonamides is 1. The number of nitrogens with one attached hydrogen (secondary N) is 2. The van der Waals surface area contributed by atoms with Crippen molar-refractivity contribution in [2.75, 3.05) is 20.1 Å². The Morgan fingerprint density at radius 2 is 1.89 bits per heavy atom. The molecule has 0 unspecified atom stereocenters. The monoisotopic (exact) mass is 412 g/mol. The molecule has 2 heterocycles. The number of rotatable bonds is 5. The van der Waals surface area contributed by atoms with Gasteiger partial charge in [0.1, 0.15) is 4.21 Å². The molecule has 1 saturated heterocycles. The molecule has 27 heavy (non-hydrogen) atoms. The molecule has 0 radical (unpaired) electrons. The lowest BCUT2D eigenvalue weighted by Crippen LogP contribution is -2.44. The summed E-state index contributed by atoms with van der Waals surface area (Å²) in [5.41, 5.74) is 0. The summed E-state index contributed by atoms with van der Waals surface area (Å²) in [7, 11) is -1.56. The molecule has 1 saturated carbocycles. The van der Waals surface area contributed by atoms with E-state index in [-0.39, 0.29) is 0 Å². The molecule has 3 rings (SSSR count). The first-order valence-electron chi connectivity index (χ1n) is 10.0. The molecule has 1 aliphatic heterocycles. The zero-order valence-electron chi connectivity index (χ0n) is 16.4. The van der Waals surface area contributed by atoms with Crippen LogP contribution in [0.2, 0.25) is 0 Å². The van der Waals surface area contributed by atoms with Gasteiger partial charge in [0.25, 0.3) is 10.0 Å². The smallest absolute Gasteiger partial charge is 0.252 e. The van der Waals surface area contributed by atoms with Crippen LogP contribution in [0.1, 0.15) is 56.7 Å². The van der Waals surface area contributed by atoms with Gasteiger partial charge in [0.2, 0.25) is 0 Å². The number of nitrogens with zero attached hydrogens (tertiary/aromatic N) is 2. The maximum absolute atomic E-state index is 12.8.